The lowest BCUT2D eigenvalue weighted by molar-refractivity contribution is 0.348. The molecule has 0 amide bonds. The molecule has 2 aromatic carbocycles. The molecule has 0 bridgehead atoms. The Morgan fingerprint density at radius 1 is 1.04 bits per heavy atom. The Morgan fingerprint density at radius 3 is 2.67 bits per heavy atom. The van der Waals surface area contributed by atoms with Gasteiger partial charge in [0.2, 0.25) is 0 Å². The van der Waals surface area contributed by atoms with Crippen LogP contribution in [0.4, 0.5) is 5.69 Å². The van der Waals surface area contributed by atoms with Crippen LogP contribution in [0.2, 0.25) is 0 Å². The molecule has 5 nitrogen and oxygen atoms in total. The minimum Gasteiger partial charge on any atom is -0.493 e. The van der Waals surface area contributed by atoms with E-state index in [4.69, 9.17) is 9.47 Å². The Balaban J connectivity index is 1.85. The fourth-order valence-corrected chi connectivity index (χ4v) is 4.84. The molecule has 4 rings (SSSR count). The number of fused-ring (bicyclic) bond motifs is 2. The van der Waals surface area contributed by atoms with E-state index in [1.54, 1.807) is 0 Å². The Bertz CT molecular complexity index is 902. The zero-order valence-electron chi connectivity index (χ0n) is 13.7. The van der Waals surface area contributed by atoms with Gasteiger partial charge in [-0.25, -0.2) is 8.42 Å². The van der Waals surface area contributed by atoms with Gasteiger partial charge < -0.3 is 9.47 Å². The Hall–Kier alpha value is -2.21. The van der Waals surface area contributed by atoms with Crippen molar-refractivity contribution in [3.05, 3.63) is 46.5 Å². The Kier molecular flexibility index (Phi) is 3.46. The van der Waals surface area contributed by atoms with Gasteiger partial charge in [-0.1, -0.05) is 12.1 Å². The molecular weight excluding hydrogens is 326 g/mol. The van der Waals surface area contributed by atoms with Crippen molar-refractivity contribution >= 4 is 15.7 Å². The molecule has 0 aromatic heterocycles. The number of anilines is 1. The van der Waals surface area contributed by atoms with Crippen molar-refractivity contribution in [2.45, 2.75) is 31.6 Å². The molecule has 0 fully saturated rings. The van der Waals surface area contributed by atoms with E-state index in [1.165, 1.54) is 0 Å². The molecule has 0 unspecified atom stereocenters. The summed E-state index contributed by atoms with van der Waals surface area (Å²) < 4.78 is 40.3. The SMILES string of the molecule is Cc1ccc(C)c(NS(=O)(=O)c2c3c(cc4c2OCC4)OCC3)c1. The van der Waals surface area contributed by atoms with Gasteiger partial charge >= 0.3 is 0 Å². The highest BCUT2D eigenvalue weighted by molar-refractivity contribution is 7.92. The van der Waals surface area contributed by atoms with Gasteiger partial charge in [-0.3, -0.25) is 4.72 Å². The van der Waals surface area contributed by atoms with Crippen LogP contribution in [-0.2, 0) is 22.9 Å². The quantitative estimate of drug-likeness (QED) is 0.929. The average molecular weight is 345 g/mol. The summed E-state index contributed by atoms with van der Waals surface area (Å²) in [5, 5.41) is 0. The van der Waals surface area contributed by atoms with Crippen LogP contribution in [-0.4, -0.2) is 21.6 Å². The lowest BCUT2D eigenvalue weighted by Crippen LogP contribution is -2.16. The summed E-state index contributed by atoms with van der Waals surface area (Å²) in [6.45, 7) is 4.83. The third kappa shape index (κ3) is 2.41. The molecule has 0 atom stereocenters. The molecule has 1 N–H and O–H groups in total. The predicted molar refractivity (Wildman–Crippen MR) is 91.6 cm³/mol. The fraction of sp³-hybridized carbons (Fsp3) is 0.333. The molecule has 0 spiro atoms. The Labute approximate surface area is 141 Å². The molecule has 0 aliphatic carbocycles. The average Bonchev–Trinajstić information content (AvgIpc) is 3.16. The minimum atomic E-state index is -3.76. The van der Waals surface area contributed by atoms with Crippen molar-refractivity contribution in [3.63, 3.8) is 0 Å². The lowest BCUT2D eigenvalue weighted by atomic mass is 10.1. The molecule has 126 valence electrons. The van der Waals surface area contributed by atoms with Gasteiger partial charge in [-0.05, 0) is 37.1 Å². The highest BCUT2D eigenvalue weighted by Gasteiger charge is 2.34. The third-order valence-electron chi connectivity index (χ3n) is 4.51. The van der Waals surface area contributed by atoms with E-state index >= 15 is 0 Å². The zero-order valence-corrected chi connectivity index (χ0v) is 14.5. The van der Waals surface area contributed by atoms with Crippen molar-refractivity contribution in [2.24, 2.45) is 0 Å². The second-order valence-corrected chi connectivity index (χ2v) is 7.91. The zero-order chi connectivity index (χ0) is 16.9. The highest BCUT2D eigenvalue weighted by Crippen LogP contribution is 2.43. The van der Waals surface area contributed by atoms with Crippen molar-refractivity contribution < 1.29 is 17.9 Å². The first kappa shape index (κ1) is 15.3. The van der Waals surface area contributed by atoms with Gasteiger partial charge in [0, 0.05) is 24.0 Å². The number of hydrogen-bond donors (Lipinski definition) is 1. The van der Waals surface area contributed by atoms with Crippen LogP contribution in [0.15, 0.2) is 29.2 Å². The number of ether oxygens (including phenoxy) is 2. The summed E-state index contributed by atoms with van der Waals surface area (Å²) in [5.41, 5.74) is 4.09. The predicted octanol–water partition coefficient (Wildman–Crippen LogP) is 2.97. The number of rotatable bonds is 3. The topological polar surface area (TPSA) is 64.6 Å². The van der Waals surface area contributed by atoms with Gasteiger partial charge in [-0.15, -0.1) is 0 Å². The largest absolute Gasteiger partial charge is 0.493 e. The third-order valence-corrected chi connectivity index (χ3v) is 5.97. The van der Waals surface area contributed by atoms with Crippen LogP contribution < -0.4 is 14.2 Å². The molecule has 2 heterocycles. The lowest BCUT2D eigenvalue weighted by Gasteiger charge is -2.16. The maximum absolute atomic E-state index is 13.1. The second-order valence-electron chi connectivity index (χ2n) is 6.29. The van der Waals surface area contributed by atoms with Crippen molar-refractivity contribution in [1.82, 2.24) is 0 Å². The van der Waals surface area contributed by atoms with Crippen LogP contribution in [0, 0.1) is 13.8 Å². The van der Waals surface area contributed by atoms with E-state index in [0.717, 1.165) is 16.7 Å². The second kappa shape index (κ2) is 5.41. The normalized spacial score (nSPS) is 15.4. The van der Waals surface area contributed by atoms with Gasteiger partial charge in [0.05, 0.1) is 18.9 Å². The maximum atomic E-state index is 13.1. The smallest absolute Gasteiger partial charge is 0.266 e. The van der Waals surface area contributed by atoms with E-state index in [1.807, 2.05) is 38.1 Å². The molecular formula is C18H19NO4S. The van der Waals surface area contributed by atoms with Crippen LogP contribution >= 0.6 is 0 Å². The summed E-state index contributed by atoms with van der Waals surface area (Å²) >= 11 is 0. The molecule has 2 aliphatic heterocycles. The van der Waals surface area contributed by atoms with Crippen molar-refractivity contribution in [2.75, 3.05) is 17.9 Å². The molecule has 2 aromatic rings. The van der Waals surface area contributed by atoms with Gasteiger partial charge in [0.15, 0.2) is 0 Å². The monoisotopic (exact) mass is 345 g/mol. The number of aryl methyl sites for hydroxylation is 2. The summed E-state index contributed by atoms with van der Waals surface area (Å²) in [7, 11) is -3.76. The number of nitrogens with one attached hydrogen (secondary N) is 1. The van der Waals surface area contributed by atoms with Gasteiger partial charge in [0.1, 0.15) is 16.4 Å². The molecule has 24 heavy (non-hydrogen) atoms. The highest BCUT2D eigenvalue weighted by atomic mass is 32.2. The number of benzene rings is 2. The summed E-state index contributed by atoms with van der Waals surface area (Å²) in [5.74, 6) is 1.15. The van der Waals surface area contributed by atoms with E-state index in [0.29, 0.717) is 48.8 Å². The molecule has 0 saturated heterocycles. The van der Waals surface area contributed by atoms with Crippen LogP contribution in [0.5, 0.6) is 11.5 Å². The fourth-order valence-electron chi connectivity index (χ4n) is 3.27. The number of hydrogen-bond acceptors (Lipinski definition) is 4. The van der Waals surface area contributed by atoms with Crippen LogP contribution in [0.3, 0.4) is 0 Å². The molecule has 0 saturated carbocycles. The van der Waals surface area contributed by atoms with Gasteiger partial charge in [0.25, 0.3) is 10.0 Å². The summed E-state index contributed by atoms with van der Waals surface area (Å²) in [4.78, 5) is 0.242. The first-order valence-electron chi connectivity index (χ1n) is 8.00. The van der Waals surface area contributed by atoms with Crippen molar-refractivity contribution in [3.8, 4) is 11.5 Å². The van der Waals surface area contributed by atoms with Crippen molar-refractivity contribution in [1.29, 1.82) is 0 Å². The molecule has 2 aliphatic rings. The maximum Gasteiger partial charge on any atom is 0.266 e. The van der Waals surface area contributed by atoms with E-state index in [2.05, 4.69) is 4.72 Å². The van der Waals surface area contributed by atoms with Crippen LogP contribution in [0.1, 0.15) is 22.3 Å². The molecule has 6 heteroatoms. The summed E-state index contributed by atoms with van der Waals surface area (Å²) in [6, 6.07) is 7.63. The Morgan fingerprint density at radius 2 is 1.83 bits per heavy atom. The van der Waals surface area contributed by atoms with E-state index < -0.39 is 10.0 Å². The molecule has 0 radical (unpaired) electrons. The van der Waals surface area contributed by atoms with E-state index in [-0.39, 0.29) is 4.90 Å². The van der Waals surface area contributed by atoms with Crippen LogP contribution in [0.25, 0.3) is 0 Å². The standard InChI is InChI=1S/C18H19NO4S/c1-11-3-4-12(2)15(9-11)19-24(20,21)18-14-6-8-22-16(14)10-13-5-7-23-17(13)18/h3-4,9-10,19H,5-8H2,1-2H3. The first-order valence-corrected chi connectivity index (χ1v) is 9.48. The van der Waals surface area contributed by atoms with E-state index in [9.17, 15) is 8.42 Å². The minimum absolute atomic E-state index is 0.242. The summed E-state index contributed by atoms with van der Waals surface area (Å²) in [6.07, 6.45) is 1.28. The van der Waals surface area contributed by atoms with Gasteiger partial charge in [-0.2, -0.15) is 0 Å². The number of sulfonamides is 1. The first-order chi connectivity index (χ1) is 11.5.